The van der Waals surface area contributed by atoms with Crippen molar-refractivity contribution in [3.05, 3.63) is 13.7 Å². The Morgan fingerprint density at radius 1 is 1.24 bits per heavy atom. The van der Waals surface area contributed by atoms with Crippen molar-refractivity contribution in [1.82, 2.24) is 14.9 Å². The third kappa shape index (κ3) is 6.37. The van der Waals surface area contributed by atoms with Crippen LogP contribution in [0.15, 0.2) is 6.33 Å². The van der Waals surface area contributed by atoms with Gasteiger partial charge in [-0.05, 0) is 85.3 Å². The molecule has 0 bridgehead atoms. The third-order valence-corrected chi connectivity index (χ3v) is 5.42. The minimum Gasteiger partial charge on any atom is -0.325 e. The van der Waals surface area contributed by atoms with Crippen LogP contribution in [0.2, 0.25) is 0 Å². The van der Waals surface area contributed by atoms with Crippen LogP contribution in [0.5, 0.6) is 0 Å². The molecule has 1 heterocycles. The fraction of sp³-hybridized carbons (Fsp3) is 0.750. The van der Waals surface area contributed by atoms with Crippen LogP contribution >= 0.6 is 45.2 Å². The van der Waals surface area contributed by atoms with E-state index in [4.69, 9.17) is 0 Å². The number of halogens is 2. The van der Waals surface area contributed by atoms with E-state index in [0.717, 1.165) is 16.8 Å². The van der Waals surface area contributed by atoms with Crippen LogP contribution in [0.3, 0.4) is 0 Å². The standard InChI is InChI=1S/C12H21I2N3/c1-12(2,3)16-7-5-4-6-8-17-9-15-10(13)11(17)14/h9,16H,4-8H2,1-3H3. The lowest BCUT2D eigenvalue weighted by atomic mass is 10.1. The van der Waals surface area contributed by atoms with Gasteiger partial charge in [-0.25, -0.2) is 4.98 Å². The second kappa shape index (κ2) is 7.28. The van der Waals surface area contributed by atoms with E-state index >= 15 is 0 Å². The lowest BCUT2D eigenvalue weighted by molar-refractivity contribution is 0.414. The minimum atomic E-state index is 0.246. The fourth-order valence-electron chi connectivity index (χ4n) is 1.55. The van der Waals surface area contributed by atoms with Crippen molar-refractivity contribution < 1.29 is 0 Å². The van der Waals surface area contributed by atoms with Crippen LogP contribution in [-0.4, -0.2) is 21.6 Å². The highest BCUT2D eigenvalue weighted by molar-refractivity contribution is 14.1. The minimum absolute atomic E-state index is 0.246. The molecule has 1 rings (SSSR count). The van der Waals surface area contributed by atoms with Gasteiger partial charge in [0, 0.05) is 12.1 Å². The highest BCUT2D eigenvalue weighted by Crippen LogP contribution is 2.14. The molecular formula is C12H21I2N3. The van der Waals surface area contributed by atoms with Gasteiger partial charge in [0.25, 0.3) is 0 Å². The van der Waals surface area contributed by atoms with Gasteiger partial charge >= 0.3 is 0 Å². The summed E-state index contributed by atoms with van der Waals surface area (Å²) in [5.41, 5.74) is 0.246. The van der Waals surface area contributed by atoms with Crippen LogP contribution in [0.4, 0.5) is 0 Å². The fourth-order valence-corrected chi connectivity index (χ4v) is 2.49. The van der Waals surface area contributed by atoms with Crippen LogP contribution < -0.4 is 5.32 Å². The lowest BCUT2D eigenvalue weighted by Crippen LogP contribution is -2.36. The number of aromatic nitrogens is 2. The number of hydrogen-bond donors (Lipinski definition) is 1. The number of aryl methyl sites for hydroxylation is 1. The number of rotatable bonds is 6. The van der Waals surface area contributed by atoms with Gasteiger partial charge < -0.3 is 9.88 Å². The second-order valence-electron chi connectivity index (χ2n) is 5.26. The number of imidazole rings is 1. The van der Waals surface area contributed by atoms with Gasteiger partial charge in [-0.1, -0.05) is 6.42 Å². The quantitative estimate of drug-likeness (QED) is 0.518. The smallest absolute Gasteiger partial charge is 0.132 e. The average molecular weight is 461 g/mol. The molecule has 0 radical (unpaired) electrons. The molecule has 0 aromatic carbocycles. The SMILES string of the molecule is CC(C)(C)NCCCCCn1cnc(I)c1I. The first-order valence-electron chi connectivity index (χ1n) is 6.01. The van der Waals surface area contributed by atoms with Crippen LogP contribution in [0, 0.1) is 7.40 Å². The maximum atomic E-state index is 4.29. The lowest BCUT2D eigenvalue weighted by Gasteiger charge is -2.20. The summed E-state index contributed by atoms with van der Waals surface area (Å²) in [6.07, 6.45) is 5.69. The molecule has 0 atom stereocenters. The molecular weight excluding hydrogens is 440 g/mol. The molecule has 0 aliphatic rings. The first-order valence-corrected chi connectivity index (χ1v) is 8.17. The molecule has 3 nitrogen and oxygen atoms in total. The summed E-state index contributed by atoms with van der Waals surface area (Å²) < 4.78 is 4.60. The largest absolute Gasteiger partial charge is 0.325 e. The molecule has 5 heteroatoms. The zero-order chi connectivity index (χ0) is 12.9. The summed E-state index contributed by atoms with van der Waals surface area (Å²) in [7, 11) is 0. The Morgan fingerprint density at radius 3 is 2.47 bits per heavy atom. The predicted molar refractivity (Wildman–Crippen MR) is 89.3 cm³/mol. The third-order valence-electron chi connectivity index (χ3n) is 2.46. The Kier molecular flexibility index (Phi) is 6.71. The van der Waals surface area contributed by atoms with Gasteiger partial charge in [0.15, 0.2) is 0 Å². The first kappa shape index (κ1) is 15.7. The van der Waals surface area contributed by atoms with Gasteiger partial charge in [-0.2, -0.15) is 0 Å². The van der Waals surface area contributed by atoms with E-state index in [1.54, 1.807) is 0 Å². The molecule has 1 aromatic rings. The molecule has 0 aliphatic heterocycles. The molecule has 0 saturated heterocycles. The van der Waals surface area contributed by atoms with E-state index in [1.807, 2.05) is 6.33 Å². The van der Waals surface area contributed by atoms with Crippen molar-refractivity contribution in [2.75, 3.05) is 6.54 Å². The molecule has 0 fully saturated rings. The Morgan fingerprint density at radius 2 is 1.94 bits per heavy atom. The van der Waals surface area contributed by atoms with Crippen molar-refractivity contribution >= 4 is 45.2 Å². The second-order valence-corrected chi connectivity index (χ2v) is 7.30. The summed E-state index contributed by atoms with van der Waals surface area (Å²) in [6, 6.07) is 0. The zero-order valence-corrected chi connectivity index (χ0v) is 15.1. The van der Waals surface area contributed by atoms with Gasteiger partial charge in [-0.3, -0.25) is 0 Å². The van der Waals surface area contributed by atoms with E-state index < -0.39 is 0 Å². The van der Waals surface area contributed by atoms with Crippen LogP contribution in [0.25, 0.3) is 0 Å². The van der Waals surface area contributed by atoms with E-state index in [1.165, 1.54) is 23.0 Å². The Hall–Kier alpha value is 0.630. The van der Waals surface area contributed by atoms with Crippen molar-refractivity contribution in [1.29, 1.82) is 0 Å². The molecule has 98 valence electrons. The van der Waals surface area contributed by atoms with Gasteiger partial charge in [0.2, 0.25) is 0 Å². The van der Waals surface area contributed by atoms with Gasteiger partial charge in [-0.15, -0.1) is 0 Å². The highest BCUT2D eigenvalue weighted by Gasteiger charge is 2.07. The van der Waals surface area contributed by atoms with Gasteiger partial charge in [0.05, 0.1) is 6.33 Å². The van der Waals surface area contributed by atoms with Crippen LogP contribution in [0.1, 0.15) is 40.0 Å². The first-order chi connectivity index (χ1) is 7.90. The number of unbranched alkanes of at least 4 members (excludes halogenated alkanes) is 2. The number of nitrogens with zero attached hydrogens (tertiary/aromatic N) is 2. The van der Waals surface area contributed by atoms with Crippen molar-refractivity contribution in [3.63, 3.8) is 0 Å². The summed E-state index contributed by atoms with van der Waals surface area (Å²) in [4.78, 5) is 4.29. The molecule has 0 spiro atoms. The average Bonchev–Trinajstić information content (AvgIpc) is 2.53. The normalized spacial score (nSPS) is 12.1. The van der Waals surface area contributed by atoms with Crippen molar-refractivity contribution in [2.24, 2.45) is 0 Å². The van der Waals surface area contributed by atoms with E-state index in [2.05, 4.69) is 80.8 Å². The summed E-state index contributed by atoms with van der Waals surface area (Å²) >= 11 is 4.64. The number of nitrogens with one attached hydrogen (secondary N) is 1. The van der Waals surface area contributed by atoms with E-state index in [0.29, 0.717) is 0 Å². The number of hydrogen-bond acceptors (Lipinski definition) is 2. The van der Waals surface area contributed by atoms with Crippen LogP contribution in [-0.2, 0) is 6.54 Å². The van der Waals surface area contributed by atoms with E-state index in [-0.39, 0.29) is 5.54 Å². The summed E-state index contributed by atoms with van der Waals surface area (Å²) in [6.45, 7) is 8.83. The molecule has 1 aromatic heterocycles. The molecule has 0 amide bonds. The van der Waals surface area contributed by atoms with Crippen molar-refractivity contribution in [3.8, 4) is 0 Å². The molecule has 0 aliphatic carbocycles. The zero-order valence-electron chi connectivity index (χ0n) is 10.8. The Bertz CT molecular complexity index is 342. The van der Waals surface area contributed by atoms with Crippen molar-refractivity contribution in [2.45, 2.75) is 52.1 Å². The predicted octanol–water partition coefficient (Wildman–Crippen LogP) is 3.65. The maximum Gasteiger partial charge on any atom is 0.132 e. The molecule has 0 saturated carbocycles. The summed E-state index contributed by atoms with van der Waals surface area (Å²) in [5, 5.41) is 3.51. The molecule has 0 unspecified atom stereocenters. The highest BCUT2D eigenvalue weighted by atomic mass is 127. The van der Waals surface area contributed by atoms with E-state index in [9.17, 15) is 0 Å². The Labute approximate surface area is 131 Å². The monoisotopic (exact) mass is 461 g/mol. The Balaban J connectivity index is 2.11. The maximum absolute atomic E-state index is 4.29. The molecule has 1 N–H and O–H groups in total. The topological polar surface area (TPSA) is 29.9 Å². The summed E-state index contributed by atoms with van der Waals surface area (Å²) in [5.74, 6) is 0. The van der Waals surface area contributed by atoms with Gasteiger partial charge in [0.1, 0.15) is 7.40 Å². The molecule has 17 heavy (non-hydrogen) atoms.